The van der Waals surface area contributed by atoms with E-state index in [0.29, 0.717) is 40.7 Å². The van der Waals surface area contributed by atoms with Gasteiger partial charge in [0.2, 0.25) is 6.79 Å². The molecule has 8 heteroatoms. The van der Waals surface area contributed by atoms with Crippen molar-refractivity contribution in [1.29, 1.82) is 0 Å². The molecule has 1 atom stereocenters. The summed E-state index contributed by atoms with van der Waals surface area (Å²) in [5.74, 6) is -0.163. The zero-order valence-electron chi connectivity index (χ0n) is 20.2. The van der Waals surface area contributed by atoms with Gasteiger partial charge >= 0.3 is 0 Å². The summed E-state index contributed by atoms with van der Waals surface area (Å²) in [6, 6.07) is 18.6. The fourth-order valence-electron chi connectivity index (χ4n) is 4.47. The average molecular weight is 487 g/mol. The third kappa shape index (κ3) is 4.00. The molecule has 3 aromatic carbocycles. The van der Waals surface area contributed by atoms with Crippen LogP contribution in [0.15, 0.2) is 72.3 Å². The predicted octanol–water partition coefficient (Wildman–Crippen LogP) is 4.51. The van der Waals surface area contributed by atoms with Crippen LogP contribution in [-0.4, -0.2) is 44.3 Å². The fraction of sp³-hybridized carbons (Fsp3) is 0.214. The second-order valence-corrected chi connectivity index (χ2v) is 8.65. The van der Waals surface area contributed by atoms with Gasteiger partial charge in [-0.3, -0.25) is 14.5 Å². The van der Waals surface area contributed by atoms with E-state index in [9.17, 15) is 14.7 Å². The number of fused-ring (bicyclic) bond motifs is 1. The van der Waals surface area contributed by atoms with E-state index in [1.165, 1.54) is 4.90 Å². The maximum Gasteiger partial charge on any atom is 0.300 e. The highest BCUT2D eigenvalue weighted by Crippen LogP contribution is 2.44. The Bertz CT molecular complexity index is 1360. The van der Waals surface area contributed by atoms with Crippen molar-refractivity contribution in [3.05, 3.63) is 83.4 Å². The van der Waals surface area contributed by atoms with E-state index in [2.05, 4.69) is 0 Å². The van der Waals surface area contributed by atoms with Crippen LogP contribution in [0.25, 0.3) is 5.76 Å². The Morgan fingerprint density at radius 2 is 1.78 bits per heavy atom. The van der Waals surface area contributed by atoms with Crippen molar-refractivity contribution in [2.45, 2.75) is 13.0 Å². The van der Waals surface area contributed by atoms with Gasteiger partial charge in [-0.15, -0.1) is 0 Å². The number of hydrogen-bond donors (Lipinski definition) is 1. The van der Waals surface area contributed by atoms with Gasteiger partial charge in [0, 0.05) is 31.0 Å². The lowest BCUT2D eigenvalue weighted by Crippen LogP contribution is -2.29. The molecule has 1 unspecified atom stereocenters. The molecular formula is C28H26N2O6. The quantitative estimate of drug-likeness (QED) is 0.312. The van der Waals surface area contributed by atoms with E-state index < -0.39 is 17.7 Å². The van der Waals surface area contributed by atoms with Gasteiger partial charge in [0.1, 0.15) is 11.5 Å². The number of benzene rings is 3. The summed E-state index contributed by atoms with van der Waals surface area (Å²) in [6.45, 7) is 2.43. The van der Waals surface area contributed by atoms with Gasteiger partial charge in [-0.1, -0.05) is 12.1 Å². The first-order chi connectivity index (χ1) is 17.4. The Hall–Kier alpha value is -4.46. The minimum Gasteiger partial charge on any atom is -0.507 e. The molecule has 0 saturated carbocycles. The minimum absolute atomic E-state index is 0.0100. The molecule has 1 amide bonds. The number of aliphatic hydroxyl groups excluding tert-OH is 1. The van der Waals surface area contributed by atoms with Gasteiger partial charge in [-0.25, -0.2) is 0 Å². The van der Waals surface area contributed by atoms with Crippen molar-refractivity contribution in [3.63, 3.8) is 0 Å². The summed E-state index contributed by atoms with van der Waals surface area (Å²) in [5.41, 5.74) is 2.47. The van der Waals surface area contributed by atoms with Crippen molar-refractivity contribution in [1.82, 2.24) is 0 Å². The van der Waals surface area contributed by atoms with Gasteiger partial charge in [0.15, 0.2) is 11.5 Å². The molecule has 1 saturated heterocycles. The smallest absolute Gasteiger partial charge is 0.300 e. The van der Waals surface area contributed by atoms with Gasteiger partial charge in [0.25, 0.3) is 11.7 Å². The Morgan fingerprint density at radius 3 is 2.50 bits per heavy atom. The van der Waals surface area contributed by atoms with Crippen molar-refractivity contribution < 1.29 is 28.9 Å². The zero-order chi connectivity index (χ0) is 25.4. The van der Waals surface area contributed by atoms with Crippen LogP contribution in [0.2, 0.25) is 0 Å². The molecule has 0 aliphatic carbocycles. The molecule has 184 valence electrons. The van der Waals surface area contributed by atoms with Crippen molar-refractivity contribution >= 4 is 28.8 Å². The maximum atomic E-state index is 13.4. The van der Waals surface area contributed by atoms with Gasteiger partial charge in [0.05, 0.1) is 18.2 Å². The summed E-state index contributed by atoms with van der Waals surface area (Å²) in [7, 11) is 3.84. The average Bonchev–Trinajstić information content (AvgIpc) is 3.46. The van der Waals surface area contributed by atoms with Crippen LogP contribution in [0.4, 0.5) is 11.4 Å². The number of ketones is 1. The van der Waals surface area contributed by atoms with Crippen LogP contribution < -0.4 is 24.0 Å². The molecule has 0 aromatic heterocycles. The van der Waals surface area contributed by atoms with Crippen LogP contribution in [0.1, 0.15) is 24.1 Å². The van der Waals surface area contributed by atoms with Gasteiger partial charge in [-0.05, 0) is 67.1 Å². The molecule has 2 aliphatic rings. The zero-order valence-corrected chi connectivity index (χ0v) is 20.2. The van der Waals surface area contributed by atoms with Crippen LogP contribution >= 0.6 is 0 Å². The largest absolute Gasteiger partial charge is 0.507 e. The summed E-state index contributed by atoms with van der Waals surface area (Å²) in [5, 5.41) is 11.4. The number of aliphatic hydroxyl groups is 1. The van der Waals surface area contributed by atoms with Crippen molar-refractivity contribution in [2.24, 2.45) is 0 Å². The number of anilines is 2. The maximum absolute atomic E-state index is 13.4. The summed E-state index contributed by atoms with van der Waals surface area (Å²) < 4.78 is 16.5. The van der Waals surface area contributed by atoms with Crippen LogP contribution in [0.5, 0.6) is 17.2 Å². The normalized spacial score (nSPS) is 18.0. The Balaban J connectivity index is 1.67. The molecule has 0 radical (unpaired) electrons. The summed E-state index contributed by atoms with van der Waals surface area (Å²) in [4.78, 5) is 30.2. The molecule has 8 nitrogen and oxygen atoms in total. The SMILES string of the molecule is CCOc1cccc(C2/C(=C(/O)c3ccc4c(c3)OCO4)C(=O)C(=O)N2c2ccc(N(C)C)cc2)c1. The third-order valence-corrected chi connectivity index (χ3v) is 6.22. The summed E-state index contributed by atoms with van der Waals surface area (Å²) >= 11 is 0. The van der Waals surface area contributed by atoms with E-state index in [-0.39, 0.29) is 18.1 Å². The minimum atomic E-state index is -0.860. The highest BCUT2D eigenvalue weighted by Gasteiger charge is 2.47. The van der Waals surface area contributed by atoms with Crippen LogP contribution in [0, 0.1) is 0 Å². The molecule has 1 fully saturated rings. The molecule has 36 heavy (non-hydrogen) atoms. The number of Topliss-reactive ketones (excluding diaryl/α,β-unsaturated/α-hetero) is 1. The molecule has 0 bridgehead atoms. The van der Waals surface area contributed by atoms with Crippen molar-refractivity contribution in [3.8, 4) is 17.2 Å². The third-order valence-electron chi connectivity index (χ3n) is 6.22. The first kappa shape index (κ1) is 23.3. The first-order valence-electron chi connectivity index (χ1n) is 11.6. The highest BCUT2D eigenvalue weighted by molar-refractivity contribution is 6.51. The number of rotatable bonds is 6. The molecule has 5 rings (SSSR count). The Labute approximate surface area is 208 Å². The lowest BCUT2D eigenvalue weighted by molar-refractivity contribution is -0.132. The molecule has 1 N–H and O–H groups in total. The van der Waals surface area contributed by atoms with Crippen LogP contribution in [0.3, 0.4) is 0 Å². The molecule has 2 aliphatic heterocycles. The second kappa shape index (κ2) is 9.30. The number of ether oxygens (including phenoxy) is 3. The number of nitrogens with zero attached hydrogens (tertiary/aromatic N) is 2. The van der Waals surface area contributed by atoms with Crippen LogP contribution in [-0.2, 0) is 9.59 Å². The lowest BCUT2D eigenvalue weighted by atomic mass is 9.94. The number of amides is 1. The van der Waals surface area contributed by atoms with E-state index in [1.54, 1.807) is 42.5 Å². The summed E-state index contributed by atoms with van der Waals surface area (Å²) in [6.07, 6.45) is 0. The lowest BCUT2D eigenvalue weighted by Gasteiger charge is -2.26. The Morgan fingerprint density at radius 1 is 1.03 bits per heavy atom. The fourth-order valence-corrected chi connectivity index (χ4v) is 4.47. The Kier molecular flexibility index (Phi) is 6.01. The number of carbonyl (C=O) groups excluding carboxylic acids is 2. The molecule has 3 aromatic rings. The van der Waals surface area contributed by atoms with E-state index in [4.69, 9.17) is 14.2 Å². The van der Waals surface area contributed by atoms with E-state index in [1.807, 2.05) is 50.2 Å². The van der Waals surface area contributed by atoms with Gasteiger partial charge < -0.3 is 24.2 Å². The van der Waals surface area contributed by atoms with E-state index in [0.717, 1.165) is 5.69 Å². The monoisotopic (exact) mass is 486 g/mol. The first-order valence-corrected chi connectivity index (χ1v) is 11.6. The topological polar surface area (TPSA) is 88.5 Å². The van der Waals surface area contributed by atoms with Crippen molar-refractivity contribution in [2.75, 3.05) is 37.3 Å². The number of hydrogen-bond acceptors (Lipinski definition) is 7. The molecular weight excluding hydrogens is 460 g/mol. The van der Waals surface area contributed by atoms with Gasteiger partial charge in [-0.2, -0.15) is 0 Å². The standard InChI is InChI=1S/C28H26N2O6/c1-4-34-21-7-5-6-17(14-21)25-24(26(31)18-8-13-22-23(15-18)36-16-35-22)27(32)28(33)30(25)20-11-9-19(10-12-20)29(2)3/h5-15,25,31H,4,16H2,1-3H3/b26-24-. The molecule has 0 spiro atoms. The highest BCUT2D eigenvalue weighted by atomic mass is 16.7. The van der Waals surface area contributed by atoms with E-state index >= 15 is 0 Å². The predicted molar refractivity (Wildman–Crippen MR) is 136 cm³/mol. The molecule has 2 heterocycles. The second-order valence-electron chi connectivity index (χ2n) is 8.65. The number of carbonyl (C=O) groups is 2.